The van der Waals surface area contributed by atoms with E-state index in [1.807, 2.05) is 24.1 Å². The number of hydrogen-bond donors (Lipinski definition) is 1. The molecule has 190 valence electrons. The molecule has 0 unspecified atom stereocenters. The molecule has 2 saturated heterocycles. The first-order chi connectivity index (χ1) is 16.7. The summed E-state index contributed by atoms with van der Waals surface area (Å²) in [5, 5.41) is 3.23. The largest absolute Gasteiger partial charge is 0.416 e. The van der Waals surface area contributed by atoms with E-state index >= 15 is 0 Å². The number of nitrogens with zero attached hydrogens (tertiary/aromatic N) is 4. The van der Waals surface area contributed by atoms with Crippen LogP contribution in [0.5, 0.6) is 0 Å². The highest BCUT2D eigenvalue weighted by Crippen LogP contribution is 2.34. The Balaban J connectivity index is 1.18. The molecule has 1 amide bonds. The highest BCUT2D eigenvalue weighted by Gasteiger charge is 2.33. The van der Waals surface area contributed by atoms with E-state index in [0.717, 1.165) is 56.9 Å². The van der Waals surface area contributed by atoms with Crippen LogP contribution in [0.3, 0.4) is 0 Å². The number of amides is 1. The highest BCUT2D eigenvalue weighted by atomic mass is 19.4. The summed E-state index contributed by atoms with van der Waals surface area (Å²) in [5.41, 5.74) is 2.25. The molecule has 0 spiro atoms. The Morgan fingerprint density at radius 3 is 2.37 bits per heavy atom. The maximum atomic E-state index is 13.2. The fourth-order valence-corrected chi connectivity index (χ4v) is 4.81. The van der Waals surface area contributed by atoms with Crippen LogP contribution in [0.25, 0.3) is 0 Å². The van der Waals surface area contributed by atoms with Gasteiger partial charge in [-0.05, 0) is 56.5 Å². The summed E-state index contributed by atoms with van der Waals surface area (Å²) in [5.74, 6) is 0.156. The van der Waals surface area contributed by atoms with Crippen molar-refractivity contribution in [1.82, 2.24) is 14.8 Å². The first-order valence-electron chi connectivity index (χ1n) is 12.3. The van der Waals surface area contributed by atoms with Crippen LogP contribution in [0.15, 0.2) is 36.5 Å². The second kappa shape index (κ2) is 10.8. The van der Waals surface area contributed by atoms with E-state index in [1.165, 1.54) is 19.1 Å². The molecule has 1 N–H and O–H groups in total. The Bertz CT molecular complexity index is 995. The van der Waals surface area contributed by atoms with Gasteiger partial charge in [-0.25, -0.2) is 0 Å². The molecule has 35 heavy (non-hydrogen) atoms. The smallest absolute Gasteiger partial charge is 0.382 e. The molecule has 0 saturated carbocycles. The van der Waals surface area contributed by atoms with Crippen molar-refractivity contribution in [3.05, 3.63) is 53.3 Å². The van der Waals surface area contributed by atoms with Gasteiger partial charge in [-0.15, -0.1) is 0 Å². The van der Waals surface area contributed by atoms with Gasteiger partial charge in [0.25, 0.3) is 0 Å². The Labute approximate surface area is 205 Å². The van der Waals surface area contributed by atoms with E-state index in [4.69, 9.17) is 0 Å². The third kappa shape index (κ3) is 6.66. The van der Waals surface area contributed by atoms with Crippen LogP contribution in [-0.4, -0.2) is 72.5 Å². The molecule has 0 aliphatic carbocycles. The van der Waals surface area contributed by atoms with Crippen LogP contribution in [0.4, 0.5) is 24.5 Å². The zero-order chi connectivity index (χ0) is 25.0. The third-order valence-corrected chi connectivity index (χ3v) is 7.04. The van der Waals surface area contributed by atoms with Gasteiger partial charge in [-0.3, -0.25) is 14.7 Å². The van der Waals surface area contributed by atoms with E-state index < -0.39 is 11.7 Å². The normalized spacial score (nSPS) is 18.1. The standard InChI is InChI=1S/C26H34F3N5O/c1-19-3-5-22(17-24(19)26(27,28)29)31-21-7-11-34(12-8-21)25(35)9-10-32-13-15-33(16-14-32)23-6-4-20(2)30-18-23/h3-6,17-18,21,31H,7-16H2,1-2H3. The zero-order valence-electron chi connectivity index (χ0n) is 20.4. The molecule has 0 radical (unpaired) electrons. The lowest BCUT2D eigenvalue weighted by molar-refractivity contribution is -0.138. The predicted molar refractivity (Wildman–Crippen MR) is 132 cm³/mol. The van der Waals surface area contributed by atoms with Gasteiger partial charge < -0.3 is 15.1 Å². The number of hydrogen-bond acceptors (Lipinski definition) is 5. The van der Waals surface area contributed by atoms with Crippen molar-refractivity contribution in [2.45, 2.75) is 45.3 Å². The molecule has 6 nitrogen and oxygen atoms in total. The Morgan fingerprint density at radius 2 is 1.74 bits per heavy atom. The molecule has 1 aromatic carbocycles. The maximum absolute atomic E-state index is 13.2. The summed E-state index contributed by atoms with van der Waals surface area (Å²) in [6.45, 7) is 9.14. The Hall–Kier alpha value is -2.81. The summed E-state index contributed by atoms with van der Waals surface area (Å²) in [6.07, 6.45) is -0.491. The average Bonchev–Trinajstić information content (AvgIpc) is 2.84. The molecule has 2 fully saturated rings. The summed E-state index contributed by atoms with van der Waals surface area (Å²) in [7, 11) is 0. The number of aryl methyl sites for hydroxylation is 2. The molecule has 4 rings (SSSR count). The number of piperazine rings is 1. The molecule has 2 aliphatic heterocycles. The van der Waals surface area contributed by atoms with Crippen molar-refractivity contribution in [3.8, 4) is 0 Å². The van der Waals surface area contributed by atoms with Crippen molar-refractivity contribution in [2.75, 3.05) is 56.0 Å². The number of anilines is 2. The monoisotopic (exact) mass is 489 g/mol. The number of benzene rings is 1. The fraction of sp³-hybridized carbons (Fsp3) is 0.538. The maximum Gasteiger partial charge on any atom is 0.416 e. The van der Waals surface area contributed by atoms with Gasteiger partial charge in [-0.2, -0.15) is 13.2 Å². The summed E-state index contributed by atoms with van der Waals surface area (Å²) < 4.78 is 39.6. The van der Waals surface area contributed by atoms with E-state index in [1.54, 1.807) is 6.07 Å². The van der Waals surface area contributed by atoms with Crippen LogP contribution in [0.2, 0.25) is 0 Å². The topological polar surface area (TPSA) is 51.7 Å². The number of alkyl halides is 3. The van der Waals surface area contributed by atoms with E-state index in [2.05, 4.69) is 26.2 Å². The molecular formula is C26H34F3N5O. The highest BCUT2D eigenvalue weighted by molar-refractivity contribution is 5.76. The van der Waals surface area contributed by atoms with Crippen LogP contribution in [-0.2, 0) is 11.0 Å². The van der Waals surface area contributed by atoms with Crippen LogP contribution >= 0.6 is 0 Å². The number of carbonyl (C=O) groups excluding carboxylic acids is 1. The van der Waals surface area contributed by atoms with Gasteiger partial charge >= 0.3 is 6.18 Å². The van der Waals surface area contributed by atoms with E-state index in [-0.39, 0.29) is 17.5 Å². The molecule has 2 aromatic rings. The molecule has 0 atom stereocenters. The number of likely N-dealkylation sites (tertiary alicyclic amines) is 1. The van der Waals surface area contributed by atoms with Gasteiger partial charge in [0.1, 0.15) is 0 Å². The van der Waals surface area contributed by atoms with Gasteiger partial charge in [0, 0.05) is 69.7 Å². The lowest BCUT2D eigenvalue weighted by Crippen LogP contribution is -2.48. The minimum absolute atomic E-state index is 0.0622. The fourth-order valence-electron chi connectivity index (χ4n) is 4.81. The molecule has 9 heteroatoms. The molecular weight excluding hydrogens is 455 g/mol. The molecule has 2 aliphatic rings. The van der Waals surface area contributed by atoms with Crippen molar-refractivity contribution in [2.24, 2.45) is 0 Å². The second-order valence-corrected chi connectivity index (χ2v) is 9.56. The number of halogens is 3. The summed E-state index contributed by atoms with van der Waals surface area (Å²) >= 11 is 0. The van der Waals surface area contributed by atoms with Crippen LogP contribution in [0.1, 0.15) is 36.1 Å². The molecule has 3 heterocycles. The SMILES string of the molecule is Cc1ccc(N2CCN(CCC(=O)N3CCC(Nc4ccc(C)c(C(F)(F)F)c4)CC3)CC2)cn1. The minimum Gasteiger partial charge on any atom is -0.382 e. The van der Waals surface area contributed by atoms with Gasteiger partial charge in [0.05, 0.1) is 17.4 Å². The number of carbonyl (C=O) groups is 1. The van der Waals surface area contributed by atoms with Crippen LogP contribution < -0.4 is 10.2 Å². The number of rotatable bonds is 6. The second-order valence-electron chi connectivity index (χ2n) is 9.56. The number of pyridine rings is 1. The van der Waals surface area contributed by atoms with E-state index in [9.17, 15) is 18.0 Å². The van der Waals surface area contributed by atoms with Crippen molar-refractivity contribution < 1.29 is 18.0 Å². The lowest BCUT2D eigenvalue weighted by atomic mass is 10.0. The van der Waals surface area contributed by atoms with Crippen molar-refractivity contribution >= 4 is 17.3 Å². The Kier molecular flexibility index (Phi) is 7.84. The quantitative estimate of drug-likeness (QED) is 0.655. The summed E-state index contributed by atoms with van der Waals surface area (Å²) in [4.78, 5) is 23.7. The first-order valence-corrected chi connectivity index (χ1v) is 12.3. The number of nitrogens with one attached hydrogen (secondary N) is 1. The average molecular weight is 490 g/mol. The first kappa shape index (κ1) is 25.3. The lowest BCUT2D eigenvalue weighted by Gasteiger charge is -2.37. The van der Waals surface area contributed by atoms with Crippen molar-refractivity contribution in [1.29, 1.82) is 0 Å². The van der Waals surface area contributed by atoms with Gasteiger partial charge in [0.15, 0.2) is 0 Å². The van der Waals surface area contributed by atoms with Crippen molar-refractivity contribution in [3.63, 3.8) is 0 Å². The molecule has 0 bridgehead atoms. The molecule has 1 aromatic heterocycles. The Morgan fingerprint density at radius 1 is 1.03 bits per heavy atom. The zero-order valence-corrected chi connectivity index (χ0v) is 20.4. The third-order valence-electron chi connectivity index (χ3n) is 7.04. The minimum atomic E-state index is -4.36. The number of piperidine rings is 1. The van der Waals surface area contributed by atoms with Gasteiger partial charge in [0.2, 0.25) is 5.91 Å². The van der Waals surface area contributed by atoms with E-state index in [0.29, 0.717) is 25.2 Å². The van der Waals surface area contributed by atoms with Crippen LogP contribution in [0, 0.1) is 13.8 Å². The van der Waals surface area contributed by atoms with Gasteiger partial charge in [-0.1, -0.05) is 6.07 Å². The predicted octanol–water partition coefficient (Wildman–Crippen LogP) is 4.33. The summed E-state index contributed by atoms with van der Waals surface area (Å²) in [6, 6.07) is 8.57. The number of aromatic nitrogens is 1.